The molecule has 0 fully saturated rings. The Morgan fingerprint density at radius 2 is 0.846 bits per heavy atom. The van der Waals surface area contributed by atoms with Gasteiger partial charge in [-0.2, -0.15) is 0 Å². The van der Waals surface area contributed by atoms with E-state index in [4.69, 9.17) is 33.9 Å². The van der Waals surface area contributed by atoms with Crippen LogP contribution in [-0.2, 0) is 42.9 Å². The van der Waals surface area contributed by atoms with E-state index < -0.39 is 12.3 Å². The van der Waals surface area contributed by atoms with Crippen LogP contribution in [0.1, 0.15) is 110 Å². The van der Waals surface area contributed by atoms with E-state index in [1.165, 1.54) is 0 Å². The van der Waals surface area contributed by atoms with Gasteiger partial charge in [-0.1, -0.05) is 51.4 Å². The van der Waals surface area contributed by atoms with Gasteiger partial charge in [0.25, 0.3) is 0 Å². The Bertz CT molecular complexity index is 639. The zero-order valence-electron chi connectivity index (χ0n) is 23.7. The number of aliphatic hydroxyl groups is 1. The third-order valence-corrected chi connectivity index (χ3v) is 5.79. The fourth-order valence-corrected chi connectivity index (χ4v) is 3.66. The molecule has 0 amide bonds. The van der Waals surface area contributed by atoms with Crippen LogP contribution >= 0.6 is 0 Å². The Kier molecular flexibility index (Phi) is 25.8. The van der Waals surface area contributed by atoms with Gasteiger partial charge in [0, 0.05) is 25.7 Å². The van der Waals surface area contributed by atoms with Crippen LogP contribution in [0.4, 0.5) is 0 Å². The van der Waals surface area contributed by atoms with Gasteiger partial charge in [-0.25, -0.2) is 0 Å². The first-order valence-corrected chi connectivity index (χ1v) is 14.4. The van der Waals surface area contributed by atoms with Gasteiger partial charge in [-0.05, 0) is 32.6 Å². The van der Waals surface area contributed by atoms with E-state index >= 15 is 0 Å². The van der Waals surface area contributed by atoms with E-state index in [1.54, 1.807) is 6.92 Å². The predicted molar refractivity (Wildman–Crippen MR) is 143 cm³/mol. The molecule has 39 heavy (non-hydrogen) atoms. The van der Waals surface area contributed by atoms with Crippen molar-refractivity contribution < 1.29 is 53.1 Å². The molecule has 1 unspecified atom stereocenters. The number of carboxylic acid groups (broad SMARTS) is 1. The second kappa shape index (κ2) is 27.3. The maximum atomic E-state index is 11.8. The van der Waals surface area contributed by atoms with Crippen LogP contribution in [-0.4, -0.2) is 80.0 Å². The second-order valence-electron chi connectivity index (χ2n) is 9.33. The molecule has 0 aliphatic heterocycles. The fraction of sp³-hybridized carbons (Fsp3) is 0.857. The number of carbonyl (C=O) groups is 4. The predicted octanol–water partition coefficient (Wildman–Crippen LogP) is 4.31. The summed E-state index contributed by atoms with van der Waals surface area (Å²) in [4.78, 5) is 45.2. The lowest BCUT2D eigenvalue weighted by Gasteiger charge is -2.14. The van der Waals surface area contributed by atoms with Gasteiger partial charge in [0.2, 0.25) is 0 Å². The standard InChI is InChI=1S/C28H50O11/c1-24(35-20-22-38-27(33)16-12-7-3-2-6-10-14-25(30)31)36-21-23-39-28(34)17-13-9-5-4-8-11-15-26(32)37-19-18-29/h24,29H,2-23H2,1H3,(H,30,31). The van der Waals surface area contributed by atoms with Gasteiger partial charge in [0.05, 0.1) is 19.8 Å². The first-order valence-electron chi connectivity index (χ1n) is 14.4. The third kappa shape index (κ3) is 28.6. The van der Waals surface area contributed by atoms with Crippen molar-refractivity contribution >= 4 is 23.9 Å². The highest BCUT2D eigenvalue weighted by Crippen LogP contribution is 2.10. The SMILES string of the molecule is CC(OCCOC(=O)CCCCCCCCC(=O)O)OCCOC(=O)CCCCCCCCC(=O)OCCO. The van der Waals surface area contributed by atoms with Crippen molar-refractivity contribution in [3.05, 3.63) is 0 Å². The van der Waals surface area contributed by atoms with Crippen LogP contribution in [0.3, 0.4) is 0 Å². The average molecular weight is 563 g/mol. The second-order valence-corrected chi connectivity index (χ2v) is 9.33. The van der Waals surface area contributed by atoms with E-state index in [2.05, 4.69) is 0 Å². The van der Waals surface area contributed by atoms with Gasteiger partial charge in [-0.15, -0.1) is 0 Å². The molecule has 11 heteroatoms. The van der Waals surface area contributed by atoms with E-state index in [0.29, 0.717) is 25.7 Å². The molecule has 0 aliphatic carbocycles. The minimum Gasteiger partial charge on any atom is -0.481 e. The van der Waals surface area contributed by atoms with Crippen LogP contribution in [0.2, 0.25) is 0 Å². The summed E-state index contributed by atoms with van der Waals surface area (Å²) in [5.74, 6) is -1.56. The Morgan fingerprint density at radius 3 is 1.21 bits per heavy atom. The molecular weight excluding hydrogens is 512 g/mol. The Morgan fingerprint density at radius 1 is 0.513 bits per heavy atom. The molecule has 0 aromatic heterocycles. The number of carboxylic acids is 1. The van der Waals surface area contributed by atoms with E-state index in [0.717, 1.165) is 70.6 Å². The number of esters is 3. The summed E-state index contributed by atoms with van der Waals surface area (Å²) in [5.41, 5.74) is 0. The fourth-order valence-electron chi connectivity index (χ4n) is 3.66. The third-order valence-electron chi connectivity index (χ3n) is 5.79. The average Bonchev–Trinajstić information content (AvgIpc) is 2.90. The lowest BCUT2D eigenvalue weighted by molar-refractivity contribution is -0.164. The number of ether oxygens (including phenoxy) is 5. The van der Waals surface area contributed by atoms with Gasteiger partial charge >= 0.3 is 23.9 Å². The highest BCUT2D eigenvalue weighted by molar-refractivity contribution is 5.70. The molecule has 0 radical (unpaired) electrons. The highest BCUT2D eigenvalue weighted by atomic mass is 16.7. The van der Waals surface area contributed by atoms with Crippen LogP contribution in [0.5, 0.6) is 0 Å². The first-order chi connectivity index (χ1) is 18.8. The number of hydrogen-bond acceptors (Lipinski definition) is 10. The maximum absolute atomic E-state index is 11.8. The number of unbranched alkanes of at least 4 members (excludes halogenated alkanes) is 10. The smallest absolute Gasteiger partial charge is 0.305 e. The molecule has 1 atom stereocenters. The lowest BCUT2D eigenvalue weighted by Crippen LogP contribution is -2.20. The van der Waals surface area contributed by atoms with E-state index in [1.807, 2.05) is 0 Å². The summed E-state index contributed by atoms with van der Waals surface area (Å²) in [6.07, 6.45) is 11.4. The zero-order valence-corrected chi connectivity index (χ0v) is 23.7. The number of aliphatic hydroxyl groups excluding tert-OH is 1. The summed E-state index contributed by atoms with van der Waals surface area (Å²) in [6.45, 7) is 2.34. The van der Waals surface area contributed by atoms with E-state index in [9.17, 15) is 19.2 Å². The summed E-state index contributed by atoms with van der Waals surface area (Å²) >= 11 is 0. The molecule has 0 rings (SSSR count). The Balaban J connectivity index is 3.44. The lowest BCUT2D eigenvalue weighted by atomic mass is 10.1. The monoisotopic (exact) mass is 562 g/mol. The highest BCUT2D eigenvalue weighted by Gasteiger charge is 2.07. The molecule has 0 bridgehead atoms. The van der Waals surface area contributed by atoms with Crippen LogP contribution < -0.4 is 0 Å². The number of rotatable bonds is 28. The molecule has 0 saturated heterocycles. The van der Waals surface area contributed by atoms with Crippen LogP contribution in [0.25, 0.3) is 0 Å². The van der Waals surface area contributed by atoms with Crippen molar-refractivity contribution in [3.8, 4) is 0 Å². The largest absolute Gasteiger partial charge is 0.481 e. The number of carbonyl (C=O) groups excluding carboxylic acids is 3. The molecule has 2 N–H and O–H groups in total. The molecule has 11 nitrogen and oxygen atoms in total. The minimum absolute atomic E-state index is 0.0520. The van der Waals surface area contributed by atoms with Crippen molar-refractivity contribution in [1.82, 2.24) is 0 Å². The summed E-state index contributed by atoms with van der Waals surface area (Å²) in [5, 5.41) is 17.2. The molecule has 0 aromatic rings. The Labute approximate surface area is 232 Å². The van der Waals surface area contributed by atoms with Gasteiger partial charge in [0.1, 0.15) is 19.8 Å². The van der Waals surface area contributed by atoms with E-state index in [-0.39, 0.29) is 64.0 Å². The van der Waals surface area contributed by atoms with Crippen LogP contribution in [0, 0.1) is 0 Å². The molecule has 0 saturated carbocycles. The normalized spacial score (nSPS) is 11.6. The number of hydrogen-bond donors (Lipinski definition) is 2. The topological polar surface area (TPSA) is 155 Å². The zero-order chi connectivity index (χ0) is 29.0. The minimum atomic E-state index is -0.759. The van der Waals surface area contributed by atoms with Crippen molar-refractivity contribution in [2.45, 2.75) is 116 Å². The molecule has 0 aromatic carbocycles. The van der Waals surface area contributed by atoms with Crippen molar-refractivity contribution in [2.75, 3.05) is 39.6 Å². The van der Waals surface area contributed by atoms with Crippen molar-refractivity contribution in [2.24, 2.45) is 0 Å². The molecule has 0 spiro atoms. The number of aliphatic carboxylic acids is 1. The molecule has 0 heterocycles. The van der Waals surface area contributed by atoms with Gasteiger partial charge < -0.3 is 33.9 Å². The summed E-state index contributed by atoms with van der Waals surface area (Å²) < 4.78 is 25.9. The Hall–Kier alpha value is -2.24. The van der Waals surface area contributed by atoms with Crippen molar-refractivity contribution in [1.29, 1.82) is 0 Å². The quantitative estimate of drug-likeness (QED) is 0.0606. The summed E-state index contributed by atoms with van der Waals surface area (Å²) in [6, 6.07) is 0. The maximum Gasteiger partial charge on any atom is 0.305 e. The molecule has 228 valence electrons. The van der Waals surface area contributed by atoms with Gasteiger partial charge in [-0.3, -0.25) is 19.2 Å². The molecule has 0 aliphatic rings. The van der Waals surface area contributed by atoms with Crippen LogP contribution in [0.15, 0.2) is 0 Å². The summed E-state index contributed by atoms with van der Waals surface area (Å²) in [7, 11) is 0. The molecular formula is C28H50O11. The van der Waals surface area contributed by atoms with Crippen molar-refractivity contribution in [3.63, 3.8) is 0 Å². The first kappa shape index (κ1) is 36.8. The van der Waals surface area contributed by atoms with Gasteiger partial charge in [0.15, 0.2) is 6.29 Å².